The van der Waals surface area contributed by atoms with Crippen LogP contribution in [0, 0.1) is 17.8 Å². The van der Waals surface area contributed by atoms with Crippen molar-refractivity contribution in [3.05, 3.63) is 0 Å². The molecule has 1 aliphatic rings. The molecule has 0 radical (unpaired) electrons. The molecule has 0 aromatic carbocycles. The van der Waals surface area contributed by atoms with E-state index in [1.165, 1.54) is 0 Å². The van der Waals surface area contributed by atoms with Crippen molar-refractivity contribution in [2.24, 2.45) is 17.8 Å². The van der Waals surface area contributed by atoms with Gasteiger partial charge in [-0.15, -0.1) is 0 Å². The zero-order chi connectivity index (χ0) is 20.1. The smallest absolute Gasteiger partial charge is 0.310 e. The van der Waals surface area contributed by atoms with Crippen LogP contribution in [0.15, 0.2) is 0 Å². The fourth-order valence-electron chi connectivity index (χ4n) is 3.32. The standard InChI is InChI=1S/C21H36O6/c1-4-7-13-25-19(22)16-11-10-12-17(20(23)26-14-8-5-2)18(16)21(24)27-15-9-6-3/h16-18H,4-15H2,1-3H3. The number of ether oxygens (including phenoxy) is 3. The second-order valence-electron chi connectivity index (χ2n) is 7.23. The molecule has 0 N–H and O–H groups in total. The minimum atomic E-state index is -0.807. The third-order valence-electron chi connectivity index (χ3n) is 5.00. The molecule has 6 nitrogen and oxygen atoms in total. The molecule has 0 aliphatic heterocycles. The maximum atomic E-state index is 12.7. The molecule has 0 aromatic heterocycles. The zero-order valence-corrected chi connectivity index (χ0v) is 17.2. The molecule has 156 valence electrons. The van der Waals surface area contributed by atoms with Gasteiger partial charge in [0.2, 0.25) is 0 Å². The Balaban J connectivity index is 2.86. The van der Waals surface area contributed by atoms with Crippen molar-refractivity contribution in [1.29, 1.82) is 0 Å². The molecule has 1 rings (SSSR count). The van der Waals surface area contributed by atoms with E-state index in [1.54, 1.807) is 0 Å². The Labute approximate surface area is 163 Å². The van der Waals surface area contributed by atoms with Crippen LogP contribution in [0.2, 0.25) is 0 Å². The summed E-state index contributed by atoms with van der Waals surface area (Å²) in [5, 5.41) is 0. The summed E-state index contributed by atoms with van der Waals surface area (Å²) >= 11 is 0. The molecular formula is C21H36O6. The van der Waals surface area contributed by atoms with E-state index in [9.17, 15) is 14.4 Å². The van der Waals surface area contributed by atoms with Crippen molar-refractivity contribution < 1.29 is 28.6 Å². The topological polar surface area (TPSA) is 78.9 Å². The van der Waals surface area contributed by atoms with E-state index in [4.69, 9.17) is 14.2 Å². The molecule has 1 aliphatic carbocycles. The summed E-state index contributed by atoms with van der Waals surface area (Å²) < 4.78 is 16.1. The molecule has 0 heterocycles. The van der Waals surface area contributed by atoms with Crippen LogP contribution in [0.4, 0.5) is 0 Å². The highest BCUT2D eigenvalue weighted by Gasteiger charge is 2.47. The van der Waals surface area contributed by atoms with Gasteiger partial charge < -0.3 is 14.2 Å². The van der Waals surface area contributed by atoms with E-state index in [0.717, 1.165) is 38.5 Å². The number of esters is 3. The molecule has 0 spiro atoms. The highest BCUT2D eigenvalue weighted by atomic mass is 16.5. The molecule has 27 heavy (non-hydrogen) atoms. The normalized spacial score (nSPS) is 22.1. The summed E-state index contributed by atoms with van der Waals surface area (Å²) in [4.78, 5) is 37.9. The molecule has 0 amide bonds. The van der Waals surface area contributed by atoms with Crippen LogP contribution in [0.25, 0.3) is 0 Å². The van der Waals surface area contributed by atoms with Gasteiger partial charge in [0.25, 0.3) is 0 Å². The Morgan fingerprint density at radius 1 is 0.667 bits per heavy atom. The van der Waals surface area contributed by atoms with E-state index in [2.05, 4.69) is 0 Å². The van der Waals surface area contributed by atoms with Gasteiger partial charge in [0.1, 0.15) is 0 Å². The van der Waals surface area contributed by atoms with Gasteiger partial charge in [-0.3, -0.25) is 14.4 Å². The van der Waals surface area contributed by atoms with Crippen LogP contribution >= 0.6 is 0 Å². The molecule has 0 aromatic rings. The summed E-state index contributed by atoms with van der Waals surface area (Å²) in [6.45, 7) is 7.04. The number of unbranched alkanes of at least 4 members (excludes halogenated alkanes) is 3. The first-order valence-electron chi connectivity index (χ1n) is 10.6. The minimum Gasteiger partial charge on any atom is -0.465 e. The number of hydrogen-bond donors (Lipinski definition) is 0. The van der Waals surface area contributed by atoms with Crippen LogP contribution < -0.4 is 0 Å². The van der Waals surface area contributed by atoms with Gasteiger partial charge in [0, 0.05) is 0 Å². The summed E-state index contributed by atoms with van der Waals surface area (Å²) in [6.07, 6.45) is 6.85. The first kappa shape index (κ1) is 23.4. The monoisotopic (exact) mass is 384 g/mol. The maximum Gasteiger partial charge on any atom is 0.310 e. The van der Waals surface area contributed by atoms with Crippen molar-refractivity contribution in [1.82, 2.24) is 0 Å². The molecule has 0 bridgehead atoms. The van der Waals surface area contributed by atoms with Crippen molar-refractivity contribution in [2.45, 2.75) is 78.6 Å². The third kappa shape index (κ3) is 7.89. The summed E-state index contributed by atoms with van der Waals surface area (Å²) in [5.74, 6) is -3.34. The maximum absolute atomic E-state index is 12.7. The van der Waals surface area contributed by atoms with E-state index in [1.807, 2.05) is 20.8 Å². The van der Waals surface area contributed by atoms with Gasteiger partial charge in [0.05, 0.1) is 37.6 Å². The first-order valence-corrected chi connectivity index (χ1v) is 10.6. The van der Waals surface area contributed by atoms with Crippen molar-refractivity contribution in [3.8, 4) is 0 Å². The van der Waals surface area contributed by atoms with Crippen LogP contribution in [0.1, 0.15) is 78.6 Å². The lowest BCUT2D eigenvalue weighted by Crippen LogP contribution is -2.44. The molecule has 2 unspecified atom stereocenters. The van der Waals surface area contributed by atoms with Crippen LogP contribution in [-0.4, -0.2) is 37.7 Å². The SMILES string of the molecule is CCCCOC(=O)C1CCCC(C(=O)OCCCC)C1C(=O)OCCCC. The highest BCUT2D eigenvalue weighted by molar-refractivity contribution is 5.87. The lowest BCUT2D eigenvalue weighted by molar-refractivity contribution is -0.172. The van der Waals surface area contributed by atoms with Gasteiger partial charge in [-0.05, 0) is 32.1 Å². The molecular weight excluding hydrogens is 348 g/mol. The van der Waals surface area contributed by atoms with E-state index < -0.39 is 35.7 Å². The molecule has 1 saturated carbocycles. The number of hydrogen-bond acceptors (Lipinski definition) is 6. The average molecular weight is 385 g/mol. The van der Waals surface area contributed by atoms with Crippen LogP contribution in [0.3, 0.4) is 0 Å². The summed E-state index contributed by atoms with van der Waals surface area (Å²) in [5.41, 5.74) is 0. The Hall–Kier alpha value is -1.59. The van der Waals surface area contributed by atoms with Crippen molar-refractivity contribution in [2.75, 3.05) is 19.8 Å². The van der Waals surface area contributed by atoms with Crippen LogP contribution in [0.5, 0.6) is 0 Å². The molecule has 0 saturated heterocycles. The number of rotatable bonds is 12. The Kier molecular flexibility index (Phi) is 11.8. The van der Waals surface area contributed by atoms with Crippen molar-refractivity contribution >= 4 is 17.9 Å². The quantitative estimate of drug-likeness (QED) is 0.287. The average Bonchev–Trinajstić information content (AvgIpc) is 2.67. The van der Waals surface area contributed by atoms with Gasteiger partial charge in [-0.2, -0.15) is 0 Å². The van der Waals surface area contributed by atoms with Crippen LogP contribution in [-0.2, 0) is 28.6 Å². The lowest BCUT2D eigenvalue weighted by atomic mass is 9.72. The summed E-state index contributed by atoms with van der Waals surface area (Å²) in [6, 6.07) is 0. The largest absolute Gasteiger partial charge is 0.465 e. The van der Waals surface area contributed by atoms with E-state index in [0.29, 0.717) is 39.1 Å². The second-order valence-corrected chi connectivity index (χ2v) is 7.23. The first-order chi connectivity index (χ1) is 13.1. The fourth-order valence-corrected chi connectivity index (χ4v) is 3.32. The van der Waals surface area contributed by atoms with E-state index >= 15 is 0 Å². The Morgan fingerprint density at radius 2 is 1.04 bits per heavy atom. The van der Waals surface area contributed by atoms with Gasteiger partial charge in [-0.1, -0.05) is 46.5 Å². The Bertz CT molecular complexity index is 432. The number of carbonyl (C=O) groups is 3. The van der Waals surface area contributed by atoms with Gasteiger partial charge in [-0.25, -0.2) is 0 Å². The third-order valence-corrected chi connectivity index (χ3v) is 5.00. The molecule has 6 heteroatoms. The zero-order valence-electron chi connectivity index (χ0n) is 17.2. The fraction of sp³-hybridized carbons (Fsp3) is 0.857. The lowest BCUT2D eigenvalue weighted by Gasteiger charge is -2.34. The minimum absolute atomic E-state index is 0.307. The van der Waals surface area contributed by atoms with Crippen molar-refractivity contribution in [3.63, 3.8) is 0 Å². The predicted octanol–water partition coefficient (Wildman–Crippen LogP) is 4.05. The summed E-state index contributed by atoms with van der Waals surface area (Å²) in [7, 11) is 0. The van der Waals surface area contributed by atoms with E-state index in [-0.39, 0.29) is 0 Å². The predicted molar refractivity (Wildman–Crippen MR) is 102 cm³/mol. The van der Waals surface area contributed by atoms with Gasteiger partial charge >= 0.3 is 17.9 Å². The van der Waals surface area contributed by atoms with Gasteiger partial charge in [0.15, 0.2) is 0 Å². The second kappa shape index (κ2) is 13.6. The number of carbonyl (C=O) groups excluding carboxylic acids is 3. The highest BCUT2D eigenvalue weighted by Crippen LogP contribution is 2.37. The molecule has 1 fully saturated rings. The molecule has 2 atom stereocenters. The Morgan fingerprint density at radius 3 is 1.41 bits per heavy atom.